The molecule has 0 fully saturated rings. The van der Waals surface area contributed by atoms with Crippen LogP contribution in [0.4, 0.5) is 4.39 Å². The molecule has 64 valence electrons. The van der Waals surface area contributed by atoms with E-state index in [1.54, 1.807) is 6.07 Å². The molecule has 0 atom stereocenters. The van der Waals surface area contributed by atoms with Gasteiger partial charge in [0.1, 0.15) is 0 Å². The third kappa shape index (κ3) is 2.28. The second-order valence-electron chi connectivity index (χ2n) is 2.40. The van der Waals surface area contributed by atoms with Crippen LogP contribution >= 0.6 is 0 Å². The maximum atomic E-state index is 11.8. The molecule has 0 bridgehead atoms. The lowest BCUT2D eigenvalue weighted by atomic mass is 9.82. The number of aryl methyl sites for hydroxylation is 1. The molecule has 0 aromatic carbocycles. The van der Waals surface area contributed by atoms with Crippen molar-refractivity contribution in [3.63, 3.8) is 0 Å². The van der Waals surface area contributed by atoms with Crippen molar-refractivity contribution >= 4 is 12.6 Å². The molecule has 0 saturated heterocycles. The van der Waals surface area contributed by atoms with Crippen molar-refractivity contribution in [3.8, 4) is 0 Å². The van der Waals surface area contributed by atoms with Crippen molar-refractivity contribution in [2.45, 2.75) is 6.42 Å². The maximum Gasteiger partial charge on any atom is 0.490 e. The zero-order chi connectivity index (χ0) is 8.97. The first kappa shape index (κ1) is 9.16. The Labute approximate surface area is 70.0 Å². The molecule has 3 nitrogen and oxygen atoms in total. The van der Waals surface area contributed by atoms with Gasteiger partial charge in [-0.25, -0.2) is 0 Å². The van der Waals surface area contributed by atoms with Crippen LogP contribution in [0.15, 0.2) is 18.3 Å². The molecule has 0 amide bonds. The highest BCUT2D eigenvalue weighted by atomic mass is 19.1. The number of aromatic nitrogens is 1. The lowest BCUT2D eigenvalue weighted by Gasteiger charge is -1.99. The van der Waals surface area contributed by atoms with Gasteiger partial charge < -0.3 is 10.0 Å². The number of nitrogens with zero attached hydrogens (tertiary/aromatic N) is 1. The summed E-state index contributed by atoms with van der Waals surface area (Å²) in [5.74, 6) is 0. The molecule has 0 aliphatic rings. The van der Waals surface area contributed by atoms with Crippen LogP contribution in [-0.4, -0.2) is 28.8 Å². The molecular weight excluding hydrogens is 160 g/mol. The van der Waals surface area contributed by atoms with E-state index in [9.17, 15) is 4.39 Å². The highest BCUT2D eigenvalue weighted by Crippen LogP contribution is 1.93. The fourth-order valence-corrected chi connectivity index (χ4v) is 0.833. The summed E-state index contributed by atoms with van der Waals surface area (Å²) in [6.07, 6.45) is 1.59. The molecule has 1 aromatic heterocycles. The summed E-state index contributed by atoms with van der Waals surface area (Å²) in [5, 5.41) is 17.4. The SMILES string of the molecule is OB(O)c1ccc(CCF)nc1. The zero-order valence-corrected chi connectivity index (χ0v) is 6.44. The van der Waals surface area contributed by atoms with Crippen LogP contribution in [0.1, 0.15) is 5.69 Å². The van der Waals surface area contributed by atoms with Crippen molar-refractivity contribution < 1.29 is 14.4 Å². The first-order valence-corrected chi connectivity index (χ1v) is 3.61. The number of hydrogen-bond acceptors (Lipinski definition) is 3. The standard InChI is InChI=1S/C7H9BFNO2/c9-4-3-7-2-1-6(5-10-7)8(11)12/h1-2,5,11-12H,3-4H2. The second-order valence-corrected chi connectivity index (χ2v) is 2.40. The topological polar surface area (TPSA) is 53.4 Å². The predicted octanol–water partition coefficient (Wildman–Crippen LogP) is -0.727. The van der Waals surface area contributed by atoms with Gasteiger partial charge in [0.05, 0.1) is 6.67 Å². The molecule has 5 heteroatoms. The second kappa shape index (κ2) is 4.18. The Morgan fingerprint density at radius 1 is 1.42 bits per heavy atom. The van der Waals surface area contributed by atoms with Gasteiger partial charge in [0.25, 0.3) is 0 Å². The molecule has 2 N–H and O–H groups in total. The number of rotatable bonds is 3. The summed E-state index contributed by atoms with van der Waals surface area (Å²) < 4.78 is 11.8. The molecule has 0 spiro atoms. The van der Waals surface area contributed by atoms with E-state index in [0.717, 1.165) is 0 Å². The van der Waals surface area contributed by atoms with Crippen LogP contribution in [0.25, 0.3) is 0 Å². The first-order valence-electron chi connectivity index (χ1n) is 3.61. The Morgan fingerprint density at radius 3 is 2.58 bits per heavy atom. The van der Waals surface area contributed by atoms with Gasteiger partial charge in [-0.15, -0.1) is 0 Å². The zero-order valence-electron chi connectivity index (χ0n) is 6.44. The lowest BCUT2D eigenvalue weighted by Crippen LogP contribution is -2.30. The Bertz CT molecular complexity index is 240. The summed E-state index contributed by atoms with van der Waals surface area (Å²) in [4.78, 5) is 3.83. The summed E-state index contributed by atoms with van der Waals surface area (Å²) in [6.45, 7) is -0.450. The normalized spacial score (nSPS) is 9.92. The van der Waals surface area contributed by atoms with Crippen LogP contribution in [0.3, 0.4) is 0 Å². The van der Waals surface area contributed by atoms with Crippen LogP contribution in [0.5, 0.6) is 0 Å². The molecule has 0 aliphatic carbocycles. The number of pyridine rings is 1. The van der Waals surface area contributed by atoms with E-state index >= 15 is 0 Å². The van der Waals surface area contributed by atoms with Gasteiger partial charge in [0.15, 0.2) is 0 Å². The molecular formula is C7H9BFNO2. The van der Waals surface area contributed by atoms with E-state index in [4.69, 9.17) is 10.0 Å². The molecule has 0 radical (unpaired) electrons. The third-order valence-electron chi connectivity index (χ3n) is 1.50. The third-order valence-corrected chi connectivity index (χ3v) is 1.50. The van der Waals surface area contributed by atoms with Crippen molar-refractivity contribution in [2.75, 3.05) is 6.67 Å². The fraction of sp³-hybridized carbons (Fsp3) is 0.286. The van der Waals surface area contributed by atoms with Gasteiger partial charge in [0.2, 0.25) is 0 Å². The average molecular weight is 169 g/mol. The van der Waals surface area contributed by atoms with Gasteiger partial charge in [0, 0.05) is 23.8 Å². The van der Waals surface area contributed by atoms with Crippen LogP contribution < -0.4 is 5.46 Å². The first-order chi connectivity index (χ1) is 5.74. The van der Waals surface area contributed by atoms with E-state index in [1.165, 1.54) is 12.3 Å². The van der Waals surface area contributed by atoms with Crippen molar-refractivity contribution in [2.24, 2.45) is 0 Å². The minimum Gasteiger partial charge on any atom is -0.423 e. The van der Waals surface area contributed by atoms with E-state index in [1.807, 2.05) is 0 Å². The van der Waals surface area contributed by atoms with Gasteiger partial charge in [-0.1, -0.05) is 6.07 Å². The average Bonchev–Trinajstić information content (AvgIpc) is 2.06. The van der Waals surface area contributed by atoms with Crippen molar-refractivity contribution in [1.29, 1.82) is 0 Å². The minimum atomic E-state index is -1.50. The molecule has 12 heavy (non-hydrogen) atoms. The molecule has 0 saturated carbocycles. The van der Waals surface area contributed by atoms with Gasteiger partial charge >= 0.3 is 7.12 Å². The summed E-state index contributed by atoms with van der Waals surface area (Å²) in [6, 6.07) is 3.09. The number of alkyl halides is 1. The van der Waals surface area contributed by atoms with Crippen LogP contribution in [-0.2, 0) is 6.42 Å². The highest BCUT2D eigenvalue weighted by molar-refractivity contribution is 6.58. The van der Waals surface area contributed by atoms with Gasteiger partial charge in [-0.05, 0) is 6.07 Å². The fourth-order valence-electron chi connectivity index (χ4n) is 0.833. The molecule has 0 unspecified atom stereocenters. The van der Waals surface area contributed by atoms with Crippen molar-refractivity contribution in [1.82, 2.24) is 4.98 Å². The quantitative estimate of drug-likeness (QED) is 0.586. The monoisotopic (exact) mass is 169 g/mol. The molecule has 1 aromatic rings. The number of halogens is 1. The van der Waals surface area contributed by atoms with Crippen LogP contribution in [0, 0.1) is 0 Å². The smallest absolute Gasteiger partial charge is 0.423 e. The van der Waals surface area contributed by atoms with E-state index in [2.05, 4.69) is 4.98 Å². The van der Waals surface area contributed by atoms with E-state index in [-0.39, 0.29) is 6.42 Å². The number of hydrogen-bond donors (Lipinski definition) is 2. The van der Waals surface area contributed by atoms with E-state index in [0.29, 0.717) is 11.2 Å². The van der Waals surface area contributed by atoms with E-state index < -0.39 is 13.8 Å². The lowest BCUT2D eigenvalue weighted by molar-refractivity contribution is 0.425. The Morgan fingerprint density at radius 2 is 2.17 bits per heavy atom. The summed E-state index contributed by atoms with van der Waals surface area (Å²) in [5.41, 5.74) is 0.930. The van der Waals surface area contributed by atoms with Gasteiger partial charge in [-0.3, -0.25) is 9.37 Å². The van der Waals surface area contributed by atoms with Gasteiger partial charge in [-0.2, -0.15) is 0 Å². The summed E-state index contributed by atoms with van der Waals surface area (Å²) >= 11 is 0. The highest BCUT2D eigenvalue weighted by Gasteiger charge is 2.10. The molecule has 1 rings (SSSR count). The largest absolute Gasteiger partial charge is 0.490 e. The maximum absolute atomic E-state index is 11.8. The Kier molecular flexibility index (Phi) is 3.19. The molecule has 1 heterocycles. The molecule has 0 aliphatic heterocycles. The summed E-state index contributed by atoms with van der Waals surface area (Å²) in [7, 11) is -1.50. The predicted molar refractivity (Wildman–Crippen MR) is 43.7 cm³/mol. The van der Waals surface area contributed by atoms with Crippen molar-refractivity contribution in [3.05, 3.63) is 24.0 Å². The Balaban J connectivity index is 2.71. The minimum absolute atomic E-state index is 0.266. The Hall–Kier alpha value is -0.935. The van der Waals surface area contributed by atoms with Crippen LogP contribution in [0.2, 0.25) is 0 Å².